The number of Topliss-reactive ketones (excluding diaryl/α,β-unsaturated/α-hetero) is 1. The van der Waals surface area contributed by atoms with Crippen molar-refractivity contribution < 1.29 is 65.7 Å². The number of fused-ring (bicyclic) bond motifs is 7. The van der Waals surface area contributed by atoms with Gasteiger partial charge < -0.3 is 48.8 Å². The lowest BCUT2D eigenvalue weighted by atomic mass is 9.89. The standard InChI is InChI=1S/C29H29FN6O3.C28H30F2N6O2.C27H34N4O3.C27H26N4O3/c1-17(37)35-11-8-25-23(16-35)28(34-36(25)19-9-12-39-13-10-19)21-5-3-4-20-22(21)15-33-27(26(20)30)18-6-7-24(32-14-18)29(38)31-2;1-3-26(37)35-7-4-25-24(16-35)27(33-36(25)19-5-8-38-9-6-19)23-14-31-12-17-10-20(18-13-32-34(2)15-18)22(28(29)30)11-21(17)23;1-18(32)29-12-9-25-24(17-29)27(28-31(25)21-10-13-34-14-11-21)22-8-4-5-19-16-30(20-6-2-3-7-20)26(33)15-23(19)22;1-18(32)30-10-8-25-24(16-30)27(29-31(25)23-9-11-34-17-23)22-7-3-6-21(14-22)26(33)13-19-4-2-5-20(12-19)15-28/h3-7,14-15,19H,8-13,16H2,1-2H3,(H,31,38);10-15,19,28H,3-9,16H2,1-2H3;4-5,8,20-21H,2-3,6-7,9-17H2,1H3;2-7,12,14,23H,8-11,13,16-17H2,1H3. The molecule has 17 heterocycles. The Bertz CT molecular complexity index is 7170. The van der Waals surface area contributed by atoms with E-state index in [4.69, 9.17) is 44.6 Å². The zero-order valence-electron chi connectivity index (χ0n) is 82.7. The van der Waals surface area contributed by atoms with Crippen LogP contribution in [0.5, 0.6) is 0 Å². The van der Waals surface area contributed by atoms with Crippen LogP contribution < -0.4 is 5.32 Å². The van der Waals surface area contributed by atoms with Crippen molar-refractivity contribution >= 4 is 62.8 Å². The highest BCUT2D eigenvalue weighted by atomic mass is 19.3. The zero-order valence-corrected chi connectivity index (χ0v) is 82.7. The lowest BCUT2D eigenvalue weighted by Gasteiger charge is -2.34. The highest BCUT2D eigenvalue weighted by molar-refractivity contribution is 6.01. The second-order valence-corrected chi connectivity index (χ2v) is 39.2. The van der Waals surface area contributed by atoms with E-state index >= 15 is 4.39 Å². The Hall–Kier alpha value is -14.3. The van der Waals surface area contributed by atoms with E-state index in [2.05, 4.69) is 73.3 Å². The maximum atomic E-state index is 15.9. The average Bonchev–Trinajstić information content (AvgIpc) is 1.56. The molecule has 0 bridgehead atoms. The van der Waals surface area contributed by atoms with Crippen LogP contribution in [0.15, 0.2) is 146 Å². The van der Waals surface area contributed by atoms with Crippen molar-refractivity contribution in [1.29, 1.82) is 5.26 Å². The van der Waals surface area contributed by atoms with Gasteiger partial charge in [0.1, 0.15) is 11.4 Å². The predicted octanol–water partition coefficient (Wildman–Crippen LogP) is 16.3. The maximum absolute atomic E-state index is 15.9. The number of nitriles is 1. The summed E-state index contributed by atoms with van der Waals surface area (Å²) in [5, 5.41) is 38.7. The Morgan fingerprint density at radius 3 is 1.60 bits per heavy atom. The molecule has 4 saturated heterocycles. The van der Waals surface area contributed by atoms with Gasteiger partial charge in [-0.05, 0) is 128 Å². The van der Waals surface area contributed by atoms with Gasteiger partial charge in [0.25, 0.3) is 12.3 Å². The summed E-state index contributed by atoms with van der Waals surface area (Å²) < 4.78 is 77.2. The van der Waals surface area contributed by atoms with Crippen molar-refractivity contribution in [3.05, 3.63) is 236 Å². The molecule has 145 heavy (non-hydrogen) atoms. The van der Waals surface area contributed by atoms with E-state index in [-0.39, 0.29) is 82.7 Å². The van der Waals surface area contributed by atoms with Gasteiger partial charge >= 0.3 is 0 Å². The molecule has 0 radical (unpaired) electrons. The molecule has 13 aromatic rings. The van der Waals surface area contributed by atoms with Crippen LogP contribution >= 0.6 is 0 Å². The Kier molecular flexibility index (Phi) is 29.1. The van der Waals surface area contributed by atoms with Crippen LogP contribution in [0.2, 0.25) is 0 Å². The van der Waals surface area contributed by atoms with E-state index in [9.17, 15) is 42.3 Å². The van der Waals surface area contributed by atoms with E-state index in [1.807, 2.05) is 69.0 Å². The van der Waals surface area contributed by atoms with Crippen molar-refractivity contribution in [3.8, 4) is 73.5 Å². The molecule has 1 saturated carbocycles. The van der Waals surface area contributed by atoms with Crippen molar-refractivity contribution in [3.63, 3.8) is 0 Å². The minimum absolute atomic E-state index is 0.0141. The van der Waals surface area contributed by atoms with Crippen LogP contribution in [0.1, 0.15) is 229 Å². The minimum atomic E-state index is -2.66. The van der Waals surface area contributed by atoms with Gasteiger partial charge in [-0.25, -0.2) is 13.2 Å². The van der Waals surface area contributed by atoms with Crippen molar-refractivity contribution in [2.24, 2.45) is 7.05 Å². The predicted molar refractivity (Wildman–Crippen MR) is 536 cm³/mol. The quantitative estimate of drug-likeness (QED) is 0.0827. The molecule has 23 rings (SSSR count). The van der Waals surface area contributed by atoms with Gasteiger partial charge in [-0.15, -0.1) is 0 Å². The number of aryl methyl sites for hydroxylation is 1. The molecule has 5 aromatic carbocycles. The fourth-order valence-corrected chi connectivity index (χ4v) is 22.6. The Labute approximate surface area is 838 Å². The average molecular weight is 1970 g/mol. The van der Waals surface area contributed by atoms with Gasteiger partial charge in [0, 0.05) is 321 Å². The third kappa shape index (κ3) is 20.2. The normalized spacial score (nSPS) is 17.7. The second-order valence-electron chi connectivity index (χ2n) is 39.2. The number of ketones is 1. The van der Waals surface area contributed by atoms with E-state index in [0.717, 1.165) is 193 Å². The summed E-state index contributed by atoms with van der Waals surface area (Å²) >= 11 is 0. The van der Waals surface area contributed by atoms with Crippen molar-refractivity contribution in [2.75, 3.05) is 86.1 Å². The Morgan fingerprint density at radius 2 is 1.04 bits per heavy atom. The highest BCUT2D eigenvalue weighted by Crippen LogP contribution is 2.46. The summed E-state index contributed by atoms with van der Waals surface area (Å²) in [4.78, 5) is 110. The molecule has 1 N–H and O–H groups in total. The third-order valence-corrected chi connectivity index (χ3v) is 30.4. The number of nitrogens with zero attached hydrogens (tertiary/aromatic N) is 19. The summed E-state index contributed by atoms with van der Waals surface area (Å²) in [6, 6.07) is 36.6. The molecule has 1 atom stereocenters. The number of alkyl halides is 2. The Morgan fingerprint density at radius 1 is 0.497 bits per heavy atom. The third-order valence-electron chi connectivity index (χ3n) is 30.4. The van der Waals surface area contributed by atoms with Crippen molar-refractivity contribution in [1.82, 2.24) is 93.7 Å². The number of hydrogen-bond donors (Lipinski definition) is 1. The smallest absolute Gasteiger partial charge is 0.269 e. The van der Waals surface area contributed by atoms with Crippen LogP contribution in [0, 0.1) is 17.1 Å². The molecule has 8 aromatic heterocycles. The number of aromatic nitrogens is 13. The lowest BCUT2D eigenvalue weighted by Crippen LogP contribution is -2.42. The highest BCUT2D eigenvalue weighted by Gasteiger charge is 2.40. The first-order chi connectivity index (χ1) is 70.5. The van der Waals surface area contributed by atoms with E-state index in [0.29, 0.717) is 172 Å². The molecular formula is C111H119F3N20O11. The molecule has 5 fully saturated rings. The molecule has 1 aliphatic carbocycles. The van der Waals surface area contributed by atoms with Gasteiger partial charge in [-0.1, -0.05) is 86.5 Å². The number of halogens is 3. The minimum Gasteiger partial charge on any atom is -0.381 e. The maximum Gasteiger partial charge on any atom is 0.269 e. The monoisotopic (exact) mass is 1960 g/mol. The van der Waals surface area contributed by atoms with Gasteiger partial charge in [-0.2, -0.15) is 30.8 Å². The van der Waals surface area contributed by atoms with E-state index < -0.39 is 12.2 Å². The molecule has 1 unspecified atom stereocenters. The van der Waals surface area contributed by atoms with E-state index in [1.54, 1.807) is 112 Å². The zero-order chi connectivity index (χ0) is 100. The van der Waals surface area contributed by atoms with Gasteiger partial charge in [0.05, 0.1) is 77.8 Å². The SMILES string of the molecule is CC(=O)N1CCc2c(c(-c3cccc(C(=O)Cc4cccc(C#N)c4)c3)nn2C2CCOC2)C1.CC(=O)N1CCc2c(c(-c3cccc4c3CC(=O)N(C3CCCC3)C4)nn2C2CCOCC2)C1.CCC(=O)N1CCc2c(c(-c3cncc4cc(-c5cnn(C)c5)c(C(F)F)cc34)nn2C2CCOCC2)C1.CNC(=O)c1ccc(-c2ncc3c(-c4nn(C5CCOCC5)c5c4CN(C(C)=O)CC5)cccc3c2F)cn1. The van der Waals surface area contributed by atoms with Crippen molar-refractivity contribution in [2.45, 2.75) is 213 Å². The van der Waals surface area contributed by atoms with Gasteiger partial charge in [0.15, 0.2) is 11.6 Å². The number of carbonyl (C=O) groups is 7. The first kappa shape index (κ1) is 98.1. The number of amides is 6. The van der Waals surface area contributed by atoms with E-state index in [1.165, 1.54) is 37.3 Å². The summed E-state index contributed by atoms with van der Waals surface area (Å²) in [5.74, 6) is -0.272. The number of rotatable bonds is 17. The second kappa shape index (κ2) is 42.9. The summed E-state index contributed by atoms with van der Waals surface area (Å²) in [6.45, 7) is 17.8. The Balaban J connectivity index is 0.000000118. The first-order valence-electron chi connectivity index (χ1n) is 50.8. The molecule has 750 valence electrons. The lowest BCUT2D eigenvalue weighted by molar-refractivity contribution is -0.134. The van der Waals surface area contributed by atoms with Crippen LogP contribution in [0.25, 0.3) is 89.0 Å². The molecule has 10 aliphatic rings. The topological polar surface area (TPSA) is 336 Å². The fraction of sp³-hybridized carbons (Fsp3) is 0.423. The van der Waals surface area contributed by atoms with Crippen LogP contribution in [-0.2, 0) is 121 Å². The summed E-state index contributed by atoms with van der Waals surface area (Å²) in [7, 11) is 3.29. The van der Waals surface area contributed by atoms with Gasteiger partial charge in [0.2, 0.25) is 29.5 Å². The van der Waals surface area contributed by atoms with Crippen LogP contribution in [0.3, 0.4) is 0 Å². The van der Waals surface area contributed by atoms with Gasteiger partial charge in [-0.3, -0.25) is 71.9 Å². The number of carbonyl (C=O) groups excluding carboxylic acids is 7. The number of nitrogens with one attached hydrogen (secondary N) is 1. The molecular weight excluding hydrogens is 1850 g/mol. The number of pyridine rings is 3. The number of ether oxygens (including phenoxy) is 4. The molecule has 31 nitrogen and oxygen atoms in total. The number of benzene rings is 5. The number of hydrogen-bond acceptors (Lipinski definition) is 20. The molecule has 34 heteroatoms. The summed E-state index contributed by atoms with van der Waals surface area (Å²) in [6.07, 6.45) is 22.3. The summed E-state index contributed by atoms with van der Waals surface area (Å²) in [5.41, 5.74) is 21.8. The molecule has 6 amide bonds. The molecule has 9 aliphatic heterocycles. The fourth-order valence-electron chi connectivity index (χ4n) is 22.6. The van der Waals surface area contributed by atoms with Crippen LogP contribution in [-0.4, -0.2) is 222 Å². The largest absolute Gasteiger partial charge is 0.381 e. The van der Waals surface area contributed by atoms with Crippen LogP contribution in [0.4, 0.5) is 13.2 Å². The molecule has 0 spiro atoms. The first-order valence-corrected chi connectivity index (χ1v) is 50.8.